The summed E-state index contributed by atoms with van der Waals surface area (Å²) in [5, 5.41) is 11.2. The molecule has 1 aromatic carbocycles. The van der Waals surface area contributed by atoms with Gasteiger partial charge >= 0.3 is 0 Å². The number of carbonyl (C=O) groups excluding carboxylic acids is 1. The number of fused-ring (bicyclic) bond motifs is 5. The molecule has 2 heterocycles. The average Bonchev–Trinajstić information content (AvgIpc) is 3.00. The van der Waals surface area contributed by atoms with Gasteiger partial charge in [-0.3, -0.25) is 9.69 Å². The number of aliphatic hydroxyl groups is 1. The van der Waals surface area contributed by atoms with Gasteiger partial charge in [-0.15, -0.1) is 0 Å². The number of piperidine rings is 1. The molecule has 0 unspecified atom stereocenters. The number of hydrogen-bond acceptors (Lipinski definition) is 4. The van der Waals surface area contributed by atoms with Gasteiger partial charge in [-0.05, 0) is 50.1 Å². The minimum atomic E-state index is 0.0765. The Morgan fingerprint density at radius 1 is 1.38 bits per heavy atom. The normalized spacial score (nSPS) is 28.1. The average molecular weight is 354 g/mol. The Morgan fingerprint density at radius 3 is 2.88 bits per heavy atom. The number of nitrogens with one attached hydrogen (secondary N) is 1. The molecule has 26 heavy (non-hydrogen) atoms. The van der Waals surface area contributed by atoms with Crippen molar-refractivity contribution in [3.05, 3.63) is 41.1 Å². The fourth-order valence-electron chi connectivity index (χ4n) is 4.85. The number of methoxy groups -OCH3 is 1. The molecule has 5 heteroatoms. The number of rotatable bonds is 2. The van der Waals surface area contributed by atoms with Crippen molar-refractivity contribution in [2.75, 3.05) is 27.3 Å². The Kier molecular flexibility index (Phi) is 4.37. The number of hydrogen-bond donors (Lipinski definition) is 2. The Balaban J connectivity index is 1.89. The van der Waals surface area contributed by atoms with Crippen molar-refractivity contribution in [3.63, 3.8) is 0 Å². The minimum Gasteiger partial charge on any atom is -0.497 e. The third-order valence-electron chi connectivity index (χ3n) is 6.28. The van der Waals surface area contributed by atoms with Crippen LogP contribution in [0.25, 0.3) is 10.9 Å². The molecule has 2 bridgehead atoms. The van der Waals surface area contributed by atoms with Gasteiger partial charge in [0.15, 0.2) is 5.78 Å². The monoisotopic (exact) mass is 354 g/mol. The van der Waals surface area contributed by atoms with Gasteiger partial charge in [0.1, 0.15) is 5.75 Å². The Hall–Kier alpha value is -2.11. The summed E-state index contributed by atoms with van der Waals surface area (Å²) in [5.74, 6) is 1.12. The van der Waals surface area contributed by atoms with Crippen molar-refractivity contribution in [2.45, 2.75) is 25.8 Å². The van der Waals surface area contributed by atoms with Crippen molar-refractivity contribution >= 4 is 16.7 Å². The second-order valence-electron chi connectivity index (χ2n) is 7.52. The van der Waals surface area contributed by atoms with Crippen LogP contribution in [0.15, 0.2) is 29.8 Å². The van der Waals surface area contributed by atoms with Gasteiger partial charge < -0.3 is 14.8 Å². The fourth-order valence-corrected chi connectivity index (χ4v) is 4.85. The molecule has 1 fully saturated rings. The molecule has 1 aromatic heterocycles. The molecular formula is C21H26N2O3. The van der Waals surface area contributed by atoms with Crippen LogP contribution in [0.2, 0.25) is 0 Å². The van der Waals surface area contributed by atoms with Crippen molar-refractivity contribution in [2.24, 2.45) is 11.8 Å². The van der Waals surface area contributed by atoms with Crippen LogP contribution < -0.4 is 4.74 Å². The van der Waals surface area contributed by atoms with Gasteiger partial charge in [0.2, 0.25) is 0 Å². The number of H-pyrrole nitrogens is 1. The van der Waals surface area contributed by atoms with Crippen LogP contribution in [-0.2, 0) is 6.42 Å². The molecule has 1 saturated heterocycles. The summed E-state index contributed by atoms with van der Waals surface area (Å²) in [6.45, 7) is 2.99. The van der Waals surface area contributed by atoms with Crippen molar-refractivity contribution in [1.29, 1.82) is 0 Å². The summed E-state index contributed by atoms with van der Waals surface area (Å²) >= 11 is 0. The lowest BCUT2D eigenvalue weighted by molar-refractivity contribution is 0.0518. The van der Waals surface area contributed by atoms with Gasteiger partial charge in [-0.25, -0.2) is 0 Å². The fraction of sp³-hybridized carbons (Fsp3) is 0.476. The number of ketones is 1. The Bertz CT molecular complexity index is 883. The highest BCUT2D eigenvalue weighted by atomic mass is 16.5. The van der Waals surface area contributed by atoms with E-state index in [0.717, 1.165) is 40.9 Å². The van der Waals surface area contributed by atoms with Crippen molar-refractivity contribution in [1.82, 2.24) is 9.88 Å². The molecule has 4 rings (SSSR count). The quantitative estimate of drug-likeness (QED) is 0.814. The first kappa shape index (κ1) is 17.3. The summed E-state index contributed by atoms with van der Waals surface area (Å²) in [6.07, 6.45) is 3.32. The summed E-state index contributed by atoms with van der Waals surface area (Å²) in [6, 6.07) is 6.11. The van der Waals surface area contributed by atoms with E-state index < -0.39 is 0 Å². The van der Waals surface area contributed by atoms with E-state index in [4.69, 9.17) is 4.74 Å². The summed E-state index contributed by atoms with van der Waals surface area (Å²) < 4.78 is 5.38. The number of likely N-dealkylation sites (N-methyl/N-ethyl adjacent to an activating group) is 1. The number of benzene rings is 1. The van der Waals surface area contributed by atoms with E-state index in [-0.39, 0.29) is 30.3 Å². The van der Waals surface area contributed by atoms with E-state index >= 15 is 0 Å². The highest BCUT2D eigenvalue weighted by Crippen LogP contribution is 2.41. The largest absolute Gasteiger partial charge is 0.497 e. The molecule has 0 amide bonds. The Labute approximate surface area is 153 Å². The molecule has 2 aromatic rings. The summed E-state index contributed by atoms with van der Waals surface area (Å²) in [4.78, 5) is 18.8. The van der Waals surface area contributed by atoms with Gasteiger partial charge in [-0.1, -0.05) is 11.6 Å². The summed E-state index contributed by atoms with van der Waals surface area (Å²) in [7, 11) is 3.77. The second kappa shape index (κ2) is 6.56. The lowest BCUT2D eigenvalue weighted by atomic mass is 9.71. The molecule has 5 nitrogen and oxygen atoms in total. The van der Waals surface area contributed by atoms with Gasteiger partial charge in [0.25, 0.3) is 0 Å². The molecule has 2 N–H and O–H groups in total. The predicted octanol–water partition coefficient (Wildman–Crippen LogP) is 2.79. The first-order valence-electron chi connectivity index (χ1n) is 9.25. The molecule has 2 aliphatic rings. The Morgan fingerprint density at radius 2 is 2.19 bits per heavy atom. The number of carbonyl (C=O) groups is 1. The number of aromatic amines is 1. The van der Waals surface area contributed by atoms with Crippen LogP contribution >= 0.6 is 0 Å². The highest BCUT2D eigenvalue weighted by Gasteiger charge is 2.42. The number of aliphatic hydroxyl groups excluding tert-OH is 1. The lowest BCUT2D eigenvalue weighted by Gasteiger charge is -2.46. The second-order valence-corrected chi connectivity index (χ2v) is 7.52. The van der Waals surface area contributed by atoms with Gasteiger partial charge in [0, 0.05) is 42.4 Å². The SMILES string of the molecule is C/C=C1/CN(C)[C@H]2Cc3c([nH]c4ccc(OC)cc34)C(=O)C[C@H]1[C@@H]2CO. The van der Waals surface area contributed by atoms with Crippen LogP contribution in [-0.4, -0.2) is 54.1 Å². The highest BCUT2D eigenvalue weighted by molar-refractivity contribution is 6.03. The topological polar surface area (TPSA) is 65.6 Å². The van der Waals surface area contributed by atoms with Crippen LogP contribution in [0.5, 0.6) is 5.75 Å². The van der Waals surface area contributed by atoms with E-state index in [2.05, 4.69) is 23.0 Å². The van der Waals surface area contributed by atoms with E-state index in [1.54, 1.807) is 7.11 Å². The maximum atomic E-state index is 13.1. The zero-order valence-corrected chi connectivity index (χ0v) is 15.6. The molecule has 138 valence electrons. The first-order valence-corrected chi connectivity index (χ1v) is 9.25. The molecular weight excluding hydrogens is 328 g/mol. The predicted molar refractivity (Wildman–Crippen MR) is 102 cm³/mol. The smallest absolute Gasteiger partial charge is 0.179 e. The van der Waals surface area contributed by atoms with Crippen molar-refractivity contribution in [3.8, 4) is 5.75 Å². The maximum absolute atomic E-state index is 13.1. The maximum Gasteiger partial charge on any atom is 0.179 e. The van der Waals surface area contributed by atoms with E-state index in [0.29, 0.717) is 6.42 Å². The summed E-state index contributed by atoms with van der Waals surface area (Å²) in [5.41, 5.74) is 4.01. The third kappa shape index (κ3) is 2.58. The third-order valence-corrected chi connectivity index (χ3v) is 6.28. The number of aromatic nitrogens is 1. The molecule has 3 atom stereocenters. The molecule has 0 radical (unpaired) electrons. The van der Waals surface area contributed by atoms with Crippen molar-refractivity contribution < 1.29 is 14.6 Å². The van der Waals surface area contributed by atoms with E-state index in [1.165, 1.54) is 5.57 Å². The van der Waals surface area contributed by atoms with Gasteiger partial charge in [0.05, 0.1) is 12.8 Å². The van der Waals surface area contributed by atoms with Crippen LogP contribution in [0, 0.1) is 11.8 Å². The molecule has 1 aliphatic carbocycles. The van der Waals surface area contributed by atoms with Crippen LogP contribution in [0.3, 0.4) is 0 Å². The number of Topliss-reactive ketones (excluding diaryl/α,β-unsaturated/α-hetero) is 1. The molecule has 0 saturated carbocycles. The van der Waals surface area contributed by atoms with Crippen LogP contribution in [0.1, 0.15) is 29.4 Å². The number of ether oxygens (including phenoxy) is 1. The number of nitrogens with zero attached hydrogens (tertiary/aromatic N) is 1. The molecule has 0 spiro atoms. The first-order chi connectivity index (χ1) is 12.6. The van der Waals surface area contributed by atoms with E-state index in [9.17, 15) is 9.90 Å². The standard InChI is InChI=1S/C21H26N2O3/c1-4-12-10-23(2)19-8-16-15-7-13(26-3)5-6-18(15)22-21(16)20(25)9-14(12)17(19)11-24/h4-7,14,17,19,22,24H,8-11H2,1-3H3/b12-4-/t14-,17+,19+/m1/s1. The molecule has 1 aliphatic heterocycles. The van der Waals surface area contributed by atoms with E-state index in [1.807, 2.05) is 25.1 Å². The minimum absolute atomic E-state index is 0.0765. The number of allylic oxidation sites excluding steroid dienone is 1. The number of likely N-dealkylation sites (tertiary alicyclic amines) is 1. The lowest BCUT2D eigenvalue weighted by Crippen LogP contribution is -2.52. The zero-order chi connectivity index (χ0) is 18.4. The van der Waals surface area contributed by atoms with Gasteiger partial charge in [-0.2, -0.15) is 0 Å². The zero-order valence-electron chi connectivity index (χ0n) is 15.6. The van der Waals surface area contributed by atoms with Crippen LogP contribution in [0.4, 0.5) is 0 Å².